The van der Waals surface area contributed by atoms with Gasteiger partial charge < -0.3 is 10.1 Å². The highest BCUT2D eigenvalue weighted by Gasteiger charge is 2.14. The molecule has 0 unspecified atom stereocenters. The van der Waals surface area contributed by atoms with E-state index in [0.717, 1.165) is 6.42 Å². The molecule has 1 aromatic carbocycles. The van der Waals surface area contributed by atoms with E-state index < -0.39 is 10.0 Å². The predicted molar refractivity (Wildman–Crippen MR) is 80.7 cm³/mol. The predicted octanol–water partition coefficient (Wildman–Crippen LogP) is 1.28. The Bertz CT molecular complexity index is 555. The van der Waals surface area contributed by atoms with Crippen molar-refractivity contribution in [3.63, 3.8) is 0 Å². The van der Waals surface area contributed by atoms with Crippen molar-refractivity contribution in [1.82, 2.24) is 10.0 Å². The van der Waals surface area contributed by atoms with Crippen LogP contribution in [0.3, 0.4) is 0 Å². The van der Waals surface area contributed by atoms with E-state index in [1.54, 1.807) is 12.1 Å². The lowest BCUT2D eigenvalue weighted by molar-refractivity contribution is -0.121. The molecule has 0 fully saturated rings. The third kappa shape index (κ3) is 5.73. The standard InChI is InChI=1S/C14H22N2O4S/c1-4-11(2)16-14(17)9-10-15-21(18,19)13-7-5-12(20-3)6-8-13/h5-8,11,15H,4,9-10H2,1-3H3,(H,16,17)/t11-/m0/s1. The zero-order valence-electron chi connectivity index (χ0n) is 12.5. The summed E-state index contributed by atoms with van der Waals surface area (Å²) in [6, 6.07) is 6.16. The van der Waals surface area contributed by atoms with E-state index in [4.69, 9.17) is 4.74 Å². The van der Waals surface area contributed by atoms with Crippen LogP contribution in [0.15, 0.2) is 29.2 Å². The fourth-order valence-corrected chi connectivity index (χ4v) is 2.62. The summed E-state index contributed by atoms with van der Waals surface area (Å²) in [4.78, 5) is 11.7. The number of hydrogen-bond donors (Lipinski definition) is 2. The summed E-state index contributed by atoms with van der Waals surface area (Å²) in [7, 11) is -2.09. The van der Waals surface area contributed by atoms with Gasteiger partial charge in [0.05, 0.1) is 12.0 Å². The van der Waals surface area contributed by atoms with Gasteiger partial charge in [0.15, 0.2) is 0 Å². The van der Waals surface area contributed by atoms with Crippen molar-refractivity contribution in [1.29, 1.82) is 0 Å². The van der Waals surface area contributed by atoms with Crippen LogP contribution >= 0.6 is 0 Å². The van der Waals surface area contributed by atoms with Gasteiger partial charge in [-0.2, -0.15) is 0 Å². The highest BCUT2D eigenvalue weighted by molar-refractivity contribution is 7.89. The van der Waals surface area contributed by atoms with Crippen LogP contribution in [-0.2, 0) is 14.8 Å². The number of carbonyl (C=O) groups is 1. The van der Waals surface area contributed by atoms with E-state index in [1.807, 2.05) is 13.8 Å². The molecular formula is C14H22N2O4S. The van der Waals surface area contributed by atoms with Gasteiger partial charge in [-0.25, -0.2) is 13.1 Å². The van der Waals surface area contributed by atoms with E-state index in [2.05, 4.69) is 10.0 Å². The number of hydrogen-bond acceptors (Lipinski definition) is 4. The highest BCUT2D eigenvalue weighted by atomic mass is 32.2. The second-order valence-corrected chi connectivity index (χ2v) is 6.47. The van der Waals surface area contributed by atoms with Gasteiger partial charge in [0.1, 0.15) is 5.75 Å². The van der Waals surface area contributed by atoms with Crippen LogP contribution in [0.2, 0.25) is 0 Å². The molecule has 1 amide bonds. The van der Waals surface area contributed by atoms with Crippen molar-refractivity contribution in [2.24, 2.45) is 0 Å². The maximum Gasteiger partial charge on any atom is 0.240 e. The zero-order chi connectivity index (χ0) is 15.9. The average molecular weight is 314 g/mol. The van der Waals surface area contributed by atoms with Gasteiger partial charge in [-0.15, -0.1) is 0 Å². The van der Waals surface area contributed by atoms with Gasteiger partial charge >= 0.3 is 0 Å². The number of rotatable bonds is 8. The lowest BCUT2D eigenvalue weighted by Crippen LogP contribution is -2.35. The van der Waals surface area contributed by atoms with Crippen LogP contribution in [0.4, 0.5) is 0 Å². The number of ether oxygens (including phenoxy) is 1. The molecule has 0 aliphatic carbocycles. The summed E-state index contributed by atoms with van der Waals surface area (Å²) >= 11 is 0. The number of sulfonamides is 1. The largest absolute Gasteiger partial charge is 0.497 e. The number of amides is 1. The second-order valence-electron chi connectivity index (χ2n) is 4.70. The van der Waals surface area contributed by atoms with Crippen LogP contribution < -0.4 is 14.8 Å². The van der Waals surface area contributed by atoms with Crippen molar-refractivity contribution < 1.29 is 17.9 Å². The third-order valence-corrected chi connectivity index (χ3v) is 4.51. The molecule has 6 nitrogen and oxygen atoms in total. The van der Waals surface area contributed by atoms with Crippen LogP contribution in [0, 0.1) is 0 Å². The summed E-state index contributed by atoms with van der Waals surface area (Å²) in [6.45, 7) is 3.94. The molecule has 1 atom stereocenters. The van der Waals surface area contributed by atoms with Crippen LogP contribution in [0.5, 0.6) is 5.75 Å². The van der Waals surface area contributed by atoms with Crippen molar-refractivity contribution in [2.75, 3.05) is 13.7 Å². The Hall–Kier alpha value is -1.60. The van der Waals surface area contributed by atoms with Gasteiger partial charge in [0.2, 0.25) is 15.9 Å². The van der Waals surface area contributed by atoms with Crippen LogP contribution in [0.1, 0.15) is 26.7 Å². The summed E-state index contributed by atoms with van der Waals surface area (Å²) in [5, 5.41) is 2.78. The maximum atomic E-state index is 12.0. The molecule has 1 rings (SSSR count). The number of carbonyl (C=O) groups excluding carboxylic acids is 1. The summed E-state index contributed by atoms with van der Waals surface area (Å²) in [5.74, 6) is 0.420. The summed E-state index contributed by atoms with van der Waals surface area (Å²) < 4.78 is 31.4. The minimum Gasteiger partial charge on any atom is -0.497 e. The van der Waals surface area contributed by atoms with Crippen molar-refractivity contribution in [2.45, 2.75) is 37.6 Å². The van der Waals surface area contributed by atoms with E-state index in [1.165, 1.54) is 19.2 Å². The fourth-order valence-electron chi connectivity index (χ4n) is 1.59. The Kier molecular flexibility index (Phi) is 6.64. The number of benzene rings is 1. The normalized spacial score (nSPS) is 12.7. The van der Waals surface area contributed by atoms with Crippen molar-refractivity contribution in [3.8, 4) is 5.75 Å². The monoisotopic (exact) mass is 314 g/mol. The Morgan fingerprint density at radius 1 is 1.29 bits per heavy atom. The van der Waals surface area contributed by atoms with Gasteiger partial charge in [0, 0.05) is 19.0 Å². The smallest absolute Gasteiger partial charge is 0.240 e. The van der Waals surface area contributed by atoms with Crippen LogP contribution in [-0.4, -0.2) is 34.0 Å². The van der Waals surface area contributed by atoms with Crippen LogP contribution in [0.25, 0.3) is 0 Å². The molecule has 2 N–H and O–H groups in total. The first-order valence-electron chi connectivity index (χ1n) is 6.82. The molecule has 0 radical (unpaired) electrons. The average Bonchev–Trinajstić information content (AvgIpc) is 2.46. The van der Waals surface area contributed by atoms with Gasteiger partial charge in [0.25, 0.3) is 0 Å². The van der Waals surface area contributed by atoms with E-state index in [9.17, 15) is 13.2 Å². The Morgan fingerprint density at radius 2 is 1.90 bits per heavy atom. The Labute approximate surface area is 125 Å². The van der Waals surface area contributed by atoms with Gasteiger partial charge in [-0.3, -0.25) is 4.79 Å². The molecule has 118 valence electrons. The molecule has 21 heavy (non-hydrogen) atoms. The molecule has 0 bridgehead atoms. The van der Waals surface area contributed by atoms with E-state index in [-0.39, 0.29) is 29.8 Å². The quantitative estimate of drug-likeness (QED) is 0.757. The lowest BCUT2D eigenvalue weighted by atomic mass is 10.2. The SMILES string of the molecule is CC[C@H](C)NC(=O)CCNS(=O)(=O)c1ccc(OC)cc1. The second kappa shape index (κ2) is 7.99. The molecule has 0 heterocycles. The zero-order valence-corrected chi connectivity index (χ0v) is 13.4. The van der Waals surface area contributed by atoms with Gasteiger partial charge in [-0.1, -0.05) is 6.92 Å². The molecular weight excluding hydrogens is 292 g/mol. The fraction of sp³-hybridized carbons (Fsp3) is 0.500. The van der Waals surface area contributed by atoms with Gasteiger partial charge in [-0.05, 0) is 37.6 Å². The molecule has 0 saturated heterocycles. The maximum absolute atomic E-state index is 12.0. The minimum absolute atomic E-state index is 0.0661. The minimum atomic E-state index is -3.60. The molecule has 0 aliphatic rings. The summed E-state index contributed by atoms with van der Waals surface area (Å²) in [5.41, 5.74) is 0. The Morgan fingerprint density at radius 3 is 2.43 bits per heavy atom. The molecule has 1 aromatic rings. The van der Waals surface area contributed by atoms with Crippen molar-refractivity contribution >= 4 is 15.9 Å². The third-order valence-electron chi connectivity index (χ3n) is 3.03. The highest BCUT2D eigenvalue weighted by Crippen LogP contribution is 2.15. The first kappa shape index (κ1) is 17.5. The Balaban J connectivity index is 2.51. The first-order valence-corrected chi connectivity index (χ1v) is 8.30. The lowest BCUT2D eigenvalue weighted by Gasteiger charge is -2.11. The number of nitrogens with one attached hydrogen (secondary N) is 2. The van der Waals surface area contributed by atoms with E-state index >= 15 is 0 Å². The van der Waals surface area contributed by atoms with E-state index in [0.29, 0.717) is 5.75 Å². The number of methoxy groups -OCH3 is 1. The van der Waals surface area contributed by atoms with Crippen molar-refractivity contribution in [3.05, 3.63) is 24.3 Å². The molecule has 7 heteroatoms. The molecule has 0 spiro atoms. The molecule has 0 aromatic heterocycles. The topological polar surface area (TPSA) is 84.5 Å². The first-order chi connectivity index (χ1) is 9.89. The summed E-state index contributed by atoms with van der Waals surface area (Å²) in [6.07, 6.45) is 0.947. The molecule has 0 saturated carbocycles. The molecule has 0 aliphatic heterocycles.